The molecule has 0 aromatic carbocycles. The highest BCUT2D eigenvalue weighted by Crippen LogP contribution is 2.67. The standard InChI is InChI=1S/C23H36O3/c1-22-10-7-17(26)13-16(22)3-4-18-20-6-5-19(15(14-25)9-12-24)23(20,2)11-8-21(18)22/h3,12,15,17-21,25-26H,4-11,13-14H2,1-2H3/t15-,17?,18-,19+,20-,21-,22-,23+/m0/s1. The zero-order chi connectivity index (χ0) is 18.5. The summed E-state index contributed by atoms with van der Waals surface area (Å²) in [5.41, 5.74) is 2.11. The average Bonchev–Trinajstić information content (AvgIpc) is 2.97. The maximum Gasteiger partial charge on any atom is 0.120 e. The minimum atomic E-state index is -0.135. The quantitative estimate of drug-likeness (QED) is 0.585. The Labute approximate surface area is 158 Å². The van der Waals surface area contributed by atoms with Crippen molar-refractivity contribution in [2.75, 3.05) is 6.61 Å². The topological polar surface area (TPSA) is 57.5 Å². The first-order chi connectivity index (χ1) is 12.4. The Morgan fingerprint density at radius 1 is 1.19 bits per heavy atom. The molecule has 3 heteroatoms. The Hall–Kier alpha value is -0.670. The van der Waals surface area contributed by atoms with Crippen LogP contribution in [0.3, 0.4) is 0 Å². The van der Waals surface area contributed by atoms with Gasteiger partial charge in [-0.1, -0.05) is 25.5 Å². The summed E-state index contributed by atoms with van der Waals surface area (Å²) in [5.74, 6) is 2.88. The van der Waals surface area contributed by atoms with Gasteiger partial charge in [-0.15, -0.1) is 0 Å². The summed E-state index contributed by atoms with van der Waals surface area (Å²) in [6.45, 7) is 5.09. The zero-order valence-corrected chi connectivity index (χ0v) is 16.5. The van der Waals surface area contributed by atoms with Crippen LogP contribution in [0.15, 0.2) is 11.6 Å². The third kappa shape index (κ3) is 2.64. The van der Waals surface area contributed by atoms with Crippen LogP contribution >= 0.6 is 0 Å². The normalized spacial score (nSPS) is 48.8. The van der Waals surface area contributed by atoms with E-state index < -0.39 is 0 Å². The van der Waals surface area contributed by atoms with Gasteiger partial charge in [0.05, 0.1) is 6.10 Å². The van der Waals surface area contributed by atoms with Gasteiger partial charge in [0, 0.05) is 13.0 Å². The van der Waals surface area contributed by atoms with Crippen LogP contribution in [0, 0.1) is 40.4 Å². The second kappa shape index (κ2) is 6.74. The molecule has 4 aliphatic carbocycles. The lowest BCUT2D eigenvalue weighted by molar-refractivity contribution is -0.110. The lowest BCUT2D eigenvalue weighted by Gasteiger charge is -2.58. The summed E-state index contributed by atoms with van der Waals surface area (Å²) >= 11 is 0. The number of carbonyl (C=O) groups is 1. The van der Waals surface area contributed by atoms with Crippen LogP contribution in [-0.2, 0) is 4.79 Å². The lowest BCUT2D eigenvalue weighted by atomic mass is 9.47. The van der Waals surface area contributed by atoms with E-state index >= 15 is 0 Å². The fourth-order valence-electron chi connectivity index (χ4n) is 7.95. The van der Waals surface area contributed by atoms with Crippen molar-refractivity contribution >= 4 is 6.29 Å². The largest absolute Gasteiger partial charge is 0.396 e. The Kier molecular flexibility index (Phi) is 4.84. The van der Waals surface area contributed by atoms with Crippen molar-refractivity contribution in [2.45, 2.75) is 77.7 Å². The summed E-state index contributed by atoms with van der Waals surface area (Å²) in [5, 5.41) is 20.0. The summed E-state index contributed by atoms with van der Waals surface area (Å²) in [7, 11) is 0. The van der Waals surface area contributed by atoms with Crippen molar-refractivity contribution in [3.63, 3.8) is 0 Å². The molecule has 1 unspecified atom stereocenters. The van der Waals surface area contributed by atoms with Crippen molar-refractivity contribution in [3.8, 4) is 0 Å². The molecule has 4 aliphatic rings. The van der Waals surface area contributed by atoms with Gasteiger partial charge in [-0.3, -0.25) is 0 Å². The monoisotopic (exact) mass is 360 g/mol. The predicted molar refractivity (Wildman–Crippen MR) is 102 cm³/mol. The van der Waals surface area contributed by atoms with Crippen molar-refractivity contribution in [1.29, 1.82) is 0 Å². The third-order valence-corrected chi connectivity index (χ3v) is 9.35. The highest BCUT2D eigenvalue weighted by Gasteiger charge is 2.59. The molecule has 0 saturated heterocycles. The predicted octanol–water partition coefficient (Wildman–Crippen LogP) is 4.12. The van der Waals surface area contributed by atoms with Gasteiger partial charge in [-0.2, -0.15) is 0 Å². The van der Waals surface area contributed by atoms with Crippen LogP contribution in [0.5, 0.6) is 0 Å². The summed E-state index contributed by atoms with van der Waals surface area (Å²) < 4.78 is 0. The number of fused-ring (bicyclic) bond motifs is 5. The van der Waals surface area contributed by atoms with Crippen molar-refractivity contribution in [3.05, 3.63) is 11.6 Å². The molecule has 0 aliphatic heterocycles. The Morgan fingerprint density at radius 2 is 2.00 bits per heavy atom. The maximum atomic E-state index is 11.1. The zero-order valence-electron chi connectivity index (χ0n) is 16.5. The Morgan fingerprint density at radius 3 is 2.73 bits per heavy atom. The molecular weight excluding hydrogens is 324 g/mol. The number of aliphatic hydroxyl groups is 2. The van der Waals surface area contributed by atoms with Crippen LogP contribution in [0.1, 0.15) is 71.6 Å². The van der Waals surface area contributed by atoms with E-state index in [9.17, 15) is 15.0 Å². The molecule has 26 heavy (non-hydrogen) atoms. The average molecular weight is 361 g/mol. The summed E-state index contributed by atoms with van der Waals surface area (Å²) in [6.07, 6.45) is 13.0. The molecule has 0 radical (unpaired) electrons. The van der Waals surface area contributed by atoms with Gasteiger partial charge in [0.2, 0.25) is 0 Å². The second-order valence-electron chi connectivity index (χ2n) is 10.2. The van der Waals surface area contributed by atoms with E-state index in [0.717, 1.165) is 43.3 Å². The van der Waals surface area contributed by atoms with Gasteiger partial charge in [0.25, 0.3) is 0 Å². The highest BCUT2D eigenvalue weighted by atomic mass is 16.3. The lowest BCUT2D eigenvalue weighted by Crippen LogP contribution is -2.51. The molecule has 0 amide bonds. The SMILES string of the molecule is C[C@]12CC[C@H]3[C@@H](CC=C4CC(O)CC[C@@]43C)[C@@H]1CC[C@@H]2[C@H](CO)CC=O. The minimum absolute atomic E-state index is 0.135. The number of aldehydes is 1. The first-order valence-corrected chi connectivity index (χ1v) is 10.9. The van der Waals surface area contributed by atoms with Gasteiger partial charge in [0.1, 0.15) is 6.29 Å². The van der Waals surface area contributed by atoms with E-state index in [-0.39, 0.29) is 24.0 Å². The van der Waals surface area contributed by atoms with Crippen molar-refractivity contribution in [1.82, 2.24) is 0 Å². The van der Waals surface area contributed by atoms with E-state index in [1.807, 2.05) is 0 Å². The smallest absolute Gasteiger partial charge is 0.120 e. The number of hydrogen-bond acceptors (Lipinski definition) is 3. The molecule has 0 aromatic rings. The molecule has 2 N–H and O–H groups in total. The van der Waals surface area contributed by atoms with Crippen LogP contribution in [0.4, 0.5) is 0 Å². The Bertz CT molecular complexity index is 584. The third-order valence-electron chi connectivity index (χ3n) is 9.35. The van der Waals surface area contributed by atoms with E-state index in [1.165, 1.54) is 37.7 Å². The fourth-order valence-corrected chi connectivity index (χ4v) is 7.95. The molecule has 0 aromatic heterocycles. The van der Waals surface area contributed by atoms with Crippen LogP contribution in [-0.4, -0.2) is 29.2 Å². The van der Waals surface area contributed by atoms with Crippen molar-refractivity contribution in [2.24, 2.45) is 40.4 Å². The number of allylic oxidation sites excluding steroid dienone is 1. The summed E-state index contributed by atoms with van der Waals surface area (Å²) in [6, 6.07) is 0. The maximum absolute atomic E-state index is 11.1. The van der Waals surface area contributed by atoms with E-state index in [2.05, 4.69) is 19.9 Å². The van der Waals surface area contributed by atoms with Gasteiger partial charge >= 0.3 is 0 Å². The second-order valence-corrected chi connectivity index (χ2v) is 10.2. The molecule has 3 nitrogen and oxygen atoms in total. The minimum Gasteiger partial charge on any atom is -0.396 e. The number of hydrogen-bond donors (Lipinski definition) is 2. The van der Waals surface area contributed by atoms with E-state index in [0.29, 0.717) is 17.8 Å². The highest BCUT2D eigenvalue weighted by molar-refractivity contribution is 5.49. The molecule has 0 heterocycles. The first kappa shape index (κ1) is 18.7. The summed E-state index contributed by atoms with van der Waals surface area (Å²) in [4.78, 5) is 11.1. The van der Waals surface area contributed by atoms with Gasteiger partial charge in [-0.25, -0.2) is 0 Å². The number of carbonyl (C=O) groups excluding carboxylic acids is 1. The van der Waals surface area contributed by atoms with E-state index in [1.54, 1.807) is 0 Å². The van der Waals surface area contributed by atoms with Crippen LogP contribution in [0.25, 0.3) is 0 Å². The van der Waals surface area contributed by atoms with E-state index in [4.69, 9.17) is 0 Å². The van der Waals surface area contributed by atoms with Crippen LogP contribution in [0.2, 0.25) is 0 Å². The Balaban J connectivity index is 1.61. The molecule has 3 fully saturated rings. The molecule has 8 atom stereocenters. The van der Waals surface area contributed by atoms with Crippen LogP contribution < -0.4 is 0 Å². The molecule has 0 spiro atoms. The number of rotatable bonds is 4. The van der Waals surface area contributed by atoms with Gasteiger partial charge in [-0.05, 0) is 91.8 Å². The molecule has 0 bridgehead atoms. The molecular formula is C23H36O3. The van der Waals surface area contributed by atoms with Gasteiger partial charge in [0.15, 0.2) is 0 Å². The fraction of sp³-hybridized carbons (Fsp3) is 0.870. The first-order valence-electron chi connectivity index (χ1n) is 10.9. The van der Waals surface area contributed by atoms with Gasteiger partial charge < -0.3 is 15.0 Å². The van der Waals surface area contributed by atoms with Crippen molar-refractivity contribution < 1.29 is 15.0 Å². The number of aliphatic hydroxyl groups excluding tert-OH is 2. The molecule has 3 saturated carbocycles. The molecule has 4 rings (SSSR count). The molecule has 146 valence electrons.